The van der Waals surface area contributed by atoms with Crippen LogP contribution in [0.2, 0.25) is 0 Å². The first-order valence-corrected chi connectivity index (χ1v) is 6.94. The van der Waals surface area contributed by atoms with E-state index in [0.29, 0.717) is 16.9 Å². The van der Waals surface area contributed by atoms with Crippen molar-refractivity contribution in [3.05, 3.63) is 70.8 Å². The lowest BCUT2D eigenvalue weighted by atomic mass is 10.2. The number of hydrogen-bond donors (Lipinski definition) is 0. The summed E-state index contributed by atoms with van der Waals surface area (Å²) in [5, 5.41) is 13.2. The summed E-state index contributed by atoms with van der Waals surface area (Å²) in [4.78, 5) is 0. The van der Waals surface area contributed by atoms with E-state index < -0.39 is 12.3 Å². The molecule has 0 aromatic heterocycles. The third-order valence-electron chi connectivity index (χ3n) is 3.19. The molecule has 19 heavy (non-hydrogen) atoms. The van der Waals surface area contributed by atoms with Crippen LogP contribution in [0.4, 0.5) is 11.4 Å². The van der Waals surface area contributed by atoms with E-state index in [0.717, 1.165) is 0 Å². The van der Waals surface area contributed by atoms with Crippen molar-refractivity contribution >= 4 is 25.1 Å². The molecule has 0 radical (unpaired) electrons. The van der Waals surface area contributed by atoms with Gasteiger partial charge in [0.2, 0.25) is 5.44 Å². The lowest BCUT2D eigenvalue weighted by molar-refractivity contribution is 0.510. The number of benzene rings is 2. The van der Waals surface area contributed by atoms with Crippen LogP contribution < -0.4 is 4.65 Å². The number of quaternary nitrogens is 1. The second kappa shape index (κ2) is 4.28. The number of hydroxylamine groups is 1. The van der Waals surface area contributed by atoms with E-state index >= 15 is 0 Å². The summed E-state index contributed by atoms with van der Waals surface area (Å²) in [7, 11) is -2.94. The van der Waals surface area contributed by atoms with Gasteiger partial charge in [0.05, 0.1) is 0 Å². The maximum absolute atomic E-state index is 13.2. The molecule has 0 bridgehead atoms. The topological polar surface area (TPSA) is 57.2 Å². The zero-order chi connectivity index (χ0) is 13.5. The highest BCUT2D eigenvalue weighted by Gasteiger charge is 2.39. The minimum absolute atomic E-state index is 0.151. The van der Waals surface area contributed by atoms with E-state index in [9.17, 15) is 14.3 Å². The largest absolute Gasteiger partial charge is 0.616 e. The van der Waals surface area contributed by atoms with Crippen LogP contribution in [0, 0.1) is 5.21 Å². The van der Waals surface area contributed by atoms with Gasteiger partial charge in [0.1, 0.15) is 5.69 Å². The van der Waals surface area contributed by atoms with Gasteiger partial charge in [0.25, 0.3) is 0 Å². The van der Waals surface area contributed by atoms with Gasteiger partial charge >= 0.3 is 7.68 Å². The molecule has 1 heterocycles. The first-order chi connectivity index (χ1) is 9.14. The highest BCUT2D eigenvalue weighted by molar-refractivity contribution is 7.36. The SMILES string of the molecule is O=P(=O)C1=Cc2ccccc2[N+]1([O-])c1ccccc1. The van der Waals surface area contributed by atoms with Crippen LogP contribution in [0.25, 0.3) is 6.08 Å². The lowest BCUT2D eigenvalue weighted by Gasteiger charge is -2.37. The van der Waals surface area contributed by atoms with Crippen molar-refractivity contribution in [3.63, 3.8) is 0 Å². The van der Waals surface area contributed by atoms with E-state index in [1.54, 1.807) is 54.6 Å². The highest BCUT2D eigenvalue weighted by Crippen LogP contribution is 2.51. The van der Waals surface area contributed by atoms with Crippen LogP contribution in [-0.4, -0.2) is 0 Å². The van der Waals surface area contributed by atoms with Crippen molar-refractivity contribution < 1.29 is 9.13 Å². The van der Waals surface area contributed by atoms with Gasteiger partial charge in [-0.3, -0.25) is 4.65 Å². The standard InChI is InChI=1S/C14H10NO3P/c16-15(12-7-2-1-3-8-12)13-9-5-4-6-11(13)10-14(15)19(17)18/h1-10H. The minimum Gasteiger partial charge on any atom is -0.616 e. The molecule has 3 rings (SSSR count). The Balaban J connectivity index is 2.31. The zero-order valence-corrected chi connectivity index (χ0v) is 10.8. The highest BCUT2D eigenvalue weighted by atomic mass is 31.1. The maximum Gasteiger partial charge on any atom is 0.404 e. The molecule has 0 N–H and O–H groups in total. The molecule has 94 valence electrons. The van der Waals surface area contributed by atoms with Gasteiger partial charge < -0.3 is 5.21 Å². The lowest BCUT2D eigenvalue weighted by Crippen LogP contribution is -2.32. The summed E-state index contributed by atoms with van der Waals surface area (Å²) in [6.45, 7) is 0. The maximum atomic E-state index is 13.2. The van der Waals surface area contributed by atoms with Gasteiger partial charge in [0, 0.05) is 29.8 Å². The van der Waals surface area contributed by atoms with E-state index in [1.165, 1.54) is 6.08 Å². The molecule has 0 saturated heterocycles. The van der Waals surface area contributed by atoms with Gasteiger partial charge in [-0.25, -0.2) is 9.13 Å². The molecule has 0 amide bonds. The Hall–Kier alpha value is -2.00. The number of nitrogens with zero attached hydrogens (tertiary/aromatic N) is 1. The summed E-state index contributed by atoms with van der Waals surface area (Å²) in [6, 6.07) is 15.5. The predicted octanol–water partition coefficient (Wildman–Crippen LogP) is 4.31. The molecule has 1 aliphatic heterocycles. The summed E-state index contributed by atoms with van der Waals surface area (Å²) < 4.78 is 21.8. The smallest absolute Gasteiger partial charge is 0.404 e. The van der Waals surface area contributed by atoms with Crippen molar-refractivity contribution in [3.8, 4) is 0 Å². The van der Waals surface area contributed by atoms with Gasteiger partial charge in [-0.2, -0.15) is 0 Å². The van der Waals surface area contributed by atoms with Crippen LogP contribution in [0.15, 0.2) is 60.0 Å². The van der Waals surface area contributed by atoms with Crippen LogP contribution in [0.5, 0.6) is 0 Å². The van der Waals surface area contributed by atoms with Gasteiger partial charge in [0.15, 0.2) is 5.69 Å². The Morgan fingerprint density at radius 3 is 2.21 bits per heavy atom. The van der Waals surface area contributed by atoms with E-state index in [2.05, 4.69) is 0 Å². The molecule has 1 atom stereocenters. The molecular weight excluding hydrogens is 261 g/mol. The van der Waals surface area contributed by atoms with Crippen LogP contribution >= 0.6 is 7.68 Å². The van der Waals surface area contributed by atoms with Gasteiger partial charge in [-0.05, 0) is 6.07 Å². The predicted molar refractivity (Wildman–Crippen MR) is 74.0 cm³/mol. The van der Waals surface area contributed by atoms with E-state index in [4.69, 9.17) is 0 Å². The second-order valence-corrected chi connectivity index (χ2v) is 5.24. The van der Waals surface area contributed by atoms with E-state index in [1.807, 2.05) is 0 Å². The Kier molecular flexibility index (Phi) is 2.72. The molecule has 1 unspecified atom stereocenters. The summed E-state index contributed by atoms with van der Waals surface area (Å²) in [5.74, 6) is 0. The molecule has 0 aliphatic carbocycles. The first-order valence-electron chi connectivity index (χ1n) is 5.76. The van der Waals surface area contributed by atoms with Crippen molar-refractivity contribution in [2.45, 2.75) is 0 Å². The average molecular weight is 271 g/mol. The third-order valence-corrected chi connectivity index (χ3v) is 3.97. The van der Waals surface area contributed by atoms with Gasteiger partial charge in [-0.1, -0.05) is 30.3 Å². The molecule has 0 fully saturated rings. The van der Waals surface area contributed by atoms with Crippen molar-refractivity contribution in [1.29, 1.82) is 0 Å². The molecule has 4 nitrogen and oxygen atoms in total. The summed E-state index contributed by atoms with van der Waals surface area (Å²) in [6.07, 6.45) is 1.45. The zero-order valence-electron chi connectivity index (χ0n) is 9.89. The Bertz CT molecular complexity index is 729. The summed E-state index contributed by atoms with van der Waals surface area (Å²) in [5.41, 5.74) is 1.32. The fraction of sp³-hybridized carbons (Fsp3) is 0. The Labute approximate surface area is 110 Å². The molecule has 0 spiro atoms. The van der Waals surface area contributed by atoms with E-state index in [-0.39, 0.29) is 5.44 Å². The van der Waals surface area contributed by atoms with Crippen LogP contribution in [0.3, 0.4) is 0 Å². The van der Waals surface area contributed by atoms with Crippen LogP contribution in [-0.2, 0) is 9.13 Å². The Morgan fingerprint density at radius 1 is 0.895 bits per heavy atom. The quantitative estimate of drug-likeness (QED) is 0.464. The molecule has 5 heteroatoms. The molecule has 2 aromatic carbocycles. The Morgan fingerprint density at radius 2 is 1.53 bits per heavy atom. The molecule has 2 aromatic rings. The second-order valence-electron chi connectivity index (χ2n) is 4.26. The number of hydrogen-bond acceptors (Lipinski definition) is 3. The van der Waals surface area contributed by atoms with Crippen molar-refractivity contribution in [1.82, 2.24) is 4.65 Å². The average Bonchev–Trinajstić information content (AvgIpc) is 2.75. The molecular formula is C14H10NO3P. The fourth-order valence-electron chi connectivity index (χ4n) is 2.33. The summed E-state index contributed by atoms with van der Waals surface area (Å²) >= 11 is 0. The number of rotatable bonds is 2. The van der Waals surface area contributed by atoms with Crippen molar-refractivity contribution in [2.24, 2.45) is 0 Å². The van der Waals surface area contributed by atoms with Crippen LogP contribution in [0.1, 0.15) is 5.56 Å². The first kappa shape index (κ1) is 12.1. The minimum atomic E-state index is -2.94. The molecule has 0 saturated carbocycles. The van der Waals surface area contributed by atoms with Gasteiger partial charge in [-0.15, -0.1) is 0 Å². The fourth-order valence-corrected chi connectivity index (χ4v) is 3.02. The number of para-hydroxylation sites is 2. The monoisotopic (exact) mass is 271 g/mol. The number of fused-ring (bicyclic) bond motifs is 1. The molecule has 1 aliphatic rings. The van der Waals surface area contributed by atoms with Crippen molar-refractivity contribution in [2.75, 3.05) is 0 Å². The third kappa shape index (κ3) is 1.70. The normalized spacial score (nSPS) is 20.8.